The van der Waals surface area contributed by atoms with E-state index in [1.165, 1.54) is 12.1 Å². The lowest BCUT2D eigenvalue weighted by atomic mass is 10.3. The summed E-state index contributed by atoms with van der Waals surface area (Å²) in [6.07, 6.45) is 0. The van der Waals surface area contributed by atoms with Crippen molar-refractivity contribution < 1.29 is 14.3 Å². The van der Waals surface area contributed by atoms with Crippen LogP contribution in [0.4, 0.5) is 5.69 Å². The number of carbonyl (C=O) groups excluding carboxylic acids is 1. The molecule has 2 aromatic rings. The summed E-state index contributed by atoms with van der Waals surface area (Å²) in [5.41, 5.74) is 0.302. The van der Waals surface area contributed by atoms with Gasteiger partial charge in [-0.1, -0.05) is 34.8 Å². The van der Waals surface area contributed by atoms with Crippen LogP contribution in [0.5, 0.6) is 11.5 Å². The molecule has 0 heterocycles. The quantitative estimate of drug-likeness (QED) is 0.842. The van der Waals surface area contributed by atoms with E-state index in [0.717, 1.165) is 0 Å². The van der Waals surface area contributed by atoms with Crippen LogP contribution in [-0.4, -0.2) is 19.6 Å². The molecule has 0 spiro atoms. The summed E-state index contributed by atoms with van der Waals surface area (Å²) >= 11 is 17.8. The Kier molecular flexibility index (Phi) is 5.77. The molecule has 0 unspecified atom stereocenters. The third kappa shape index (κ3) is 4.44. The van der Waals surface area contributed by atoms with Crippen molar-refractivity contribution in [1.29, 1.82) is 0 Å². The first-order valence-electron chi connectivity index (χ1n) is 6.21. The van der Waals surface area contributed by atoms with Gasteiger partial charge < -0.3 is 14.8 Å². The second-order valence-corrected chi connectivity index (χ2v) is 5.51. The van der Waals surface area contributed by atoms with E-state index in [1.807, 2.05) is 0 Å². The Labute approximate surface area is 142 Å². The standard InChI is InChI=1S/C15H12Cl3NO3/c1-21-10-2-4-11(5-3-10)22-8-14(20)19-15-12(17)6-9(16)7-13(15)18/h2-7H,8H2,1H3,(H,19,20). The SMILES string of the molecule is COc1ccc(OCC(=O)Nc2c(Cl)cc(Cl)cc2Cl)cc1. The minimum Gasteiger partial charge on any atom is -0.497 e. The van der Waals surface area contributed by atoms with Gasteiger partial charge in [0, 0.05) is 5.02 Å². The molecule has 0 bridgehead atoms. The molecule has 1 amide bonds. The van der Waals surface area contributed by atoms with Crippen LogP contribution in [0.1, 0.15) is 0 Å². The number of anilines is 1. The van der Waals surface area contributed by atoms with Gasteiger partial charge in [0.15, 0.2) is 6.61 Å². The van der Waals surface area contributed by atoms with E-state index in [9.17, 15) is 4.79 Å². The van der Waals surface area contributed by atoms with E-state index in [-0.39, 0.29) is 22.6 Å². The number of nitrogens with one attached hydrogen (secondary N) is 1. The number of halogens is 3. The number of hydrogen-bond donors (Lipinski definition) is 1. The Morgan fingerprint density at radius 2 is 1.59 bits per heavy atom. The smallest absolute Gasteiger partial charge is 0.262 e. The molecule has 116 valence electrons. The Hall–Kier alpha value is -1.62. The summed E-state index contributed by atoms with van der Waals surface area (Å²) in [6, 6.07) is 9.87. The van der Waals surface area contributed by atoms with Crippen molar-refractivity contribution in [2.24, 2.45) is 0 Å². The summed E-state index contributed by atoms with van der Waals surface area (Å²) < 4.78 is 10.4. The highest BCUT2D eigenvalue weighted by molar-refractivity contribution is 6.42. The molecule has 7 heteroatoms. The minimum atomic E-state index is -0.387. The molecular formula is C15H12Cl3NO3. The number of ether oxygens (including phenoxy) is 2. The Morgan fingerprint density at radius 3 is 2.14 bits per heavy atom. The van der Waals surface area contributed by atoms with E-state index < -0.39 is 0 Å². The topological polar surface area (TPSA) is 47.6 Å². The molecule has 22 heavy (non-hydrogen) atoms. The molecule has 0 saturated carbocycles. The van der Waals surface area contributed by atoms with E-state index in [4.69, 9.17) is 44.3 Å². The maximum atomic E-state index is 11.9. The summed E-state index contributed by atoms with van der Waals surface area (Å²) in [4.78, 5) is 11.9. The van der Waals surface area contributed by atoms with Gasteiger partial charge in [0.05, 0.1) is 22.8 Å². The number of amides is 1. The third-order valence-electron chi connectivity index (χ3n) is 2.70. The van der Waals surface area contributed by atoms with Crippen LogP contribution >= 0.6 is 34.8 Å². The van der Waals surface area contributed by atoms with Crippen molar-refractivity contribution >= 4 is 46.4 Å². The van der Waals surface area contributed by atoms with Crippen LogP contribution in [0.3, 0.4) is 0 Å². The van der Waals surface area contributed by atoms with Crippen molar-refractivity contribution in [3.05, 3.63) is 51.5 Å². The Morgan fingerprint density at radius 1 is 1.05 bits per heavy atom. The Bertz CT molecular complexity index is 651. The van der Waals surface area contributed by atoms with E-state index in [1.54, 1.807) is 31.4 Å². The van der Waals surface area contributed by atoms with Crippen LogP contribution in [0, 0.1) is 0 Å². The van der Waals surface area contributed by atoms with Gasteiger partial charge in [0.25, 0.3) is 5.91 Å². The van der Waals surface area contributed by atoms with Crippen LogP contribution in [0.25, 0.3) is 0 Å². The molecule has 2 aromatic carbocycles. The zero-order chi connectivity index (χ0) is 16.1. The molecule has 1 N–H and O–H groups in total. The molecule has 0 aliphatic carbocycles. The highest BCUT2D eigenvalue weighted by Gasteiger charge is 2.11. The molecule has 4 nitrogen and oxygen atoms in total. The summed E-state index contributed by atoms with van der Waals surface area (Å²) in [5, 5.41) is 3.50. The first-order chi connectivity index (χ1) is 10.5. The van der Waals surface area contributed by atoms with E-state index in [0.29, 0.717) is 22.2 Å². The monoisotopic (exact) mass is 359 g/mol. The van der Waals surface area contributed by atoms with Gasteiger partial charge in [-0.05, 0) is 36.4 Å². The molecule has 0 aromatic heterocycles. The van der Waals surface area contributed by atoms with Gasteiger partial charge in [-0.25, -0.2) is 0 Å². The number of methoxy groups -OCH3 is 1. The predicted molar refractivity (Wildman–Crippen MR) is 88.6 cm³/mol. The fourth-order valence-electron chi connectivity index (χ4n) is 1.66. The number of rotatable bonds is 5. The van der Waals surface area contributed by atoms with Crippen LogP contribution < -0.4 is 14.8 Å². The average molecular weight is 361 g/mol. The molecule has 0 atom stereocenters. The first-order valence-corrected chi connectivity index (χ1v) is 7.34. The van der Waals surface area contributed by atoms with Gasteiger partial charge in [-0.15, -0.1) is 0 Å². The lowest BCUT2D eigenvalue weighted by molar-refractivity contribution is -0.118. The van der Waals surface area contributed by atoms with Crippen LogP contribution in [0.15, 0.2) is 36.4 Å². The zero-order valence-electron chi connectivity index (χ0n) is 11.5. The maximum absolute atomic E-state index is 11.9. The van der Waals surface area contributed by atoms with E-state index >= 15 is 0 Å². The van der Waals surface area contributed by atoms with Gasteiger partial charge in [0.2, 0.25) is 0 Å². The second kappa shape index (κ2) is 7.58. The highest BCUT2D eigenvalue weighted by Crippen LogP contribution is 2.33. The predicted octanol–water partition coefficient (Wildman–Crippen LogP) is 4.67. The van der Waals surface area contributed by atoms with Crippen molar-refractivity contribution in [1.82, 2.24) is 0 Å². The van der Waals surface area contributed by atoms with Crippen molar-refractivity contribution in [3.63, 3.8) is 0 Å². The molecule has 0 fully saturated rings. The zero-order valence-corrected chi connectivity index (χ0v) is 13.8. The first kappa shape index (κ1) is 16.7. The van der Waals surface area contributed by atoms with E-state index in [2.05, 4.69) is 5.32 Å². The van der Waals surface area contributed by atoms with Gasteiger partial charge in [0.1, 0.15) is 11.5 Å². The highest BCUT2D eigenvalue weighted by atomic mass is 35.5. The lowest BCUT2D eigenvalue weighted by Gasteiger charge is -2.11. The number of benzene rings is 2. The second-order valence-electron chi connectivity index (χ2n) is 4.26. The van der Waals surface area contributed by atoms with Gasteiger partial charge in [-0.3, -0.25) is 4.79 Å². The van der Waals surface area contributed by atoms with Gasteiger partial charge in [-0.2, -0.15) is 0 Å². The molecule has 0 saturated heterocycles. The largest absolute Gasteiger partial charge is 0.497 e. The van der Waals surface area contributed by atoms with Crippen molar-refractivity contribution in [2.45, 2.75) is 0 Å². The van der Waals surface area contributed by atoms with Crippen LogP contribution in [0.2, 0.25) is 15.1 Å². The molecular weight excluding hydrogens is 349 g/mol. The van der Waals surface area contributed by atoms with Crippen molar-refractivity contribution in [3.8, 4) is 11.5 Å². The summed E-state index contributed by atoms with van der Waals surface area (Å²) in [6.45, 7) is -0.179. The third-order valence-corrected chi connectivity index (χ3v) is 3.52. The lowest BCUT2D eigenvalue weighted by Crippen LogP contribution is -2.20. The minimum absolute atomic E-state index is 0.179. The molecule has 0 radical (unpaired) electrons. The van der Waals surface area contributed by atoms with Gasteiger partial charge >= 0.3 is 0 Å². The number of carbonyl (C=O) groups is 1. The summed E-state index contributed by atoms with van der Waals surface area (Å²) in [5.74, 6) is 0.864. The fraction of sp³-hybridized carbons (Fsp3) is 0.133. The number of hydrogen-bond acceptors (Lipinski definition) is 3. The van der Waals surface area contributed by atoms with Crippen molar-refractivity contribution in [2.75, 3.05) is 19.0 Å². The average Bonchev–Trinajstić information content (AvgIpc) is 2.49. The molecule has 0 aliphatic rings. The van der Waals surface area contributed by atoms with Crippen LogP contribution in [-0.2, 0) is 4.79 Å². The summed E-state index contributed by atoms with van der Waals surface area (Å²) in [7, 11) is 1.57. The Balaban J connectivity index is 1.95. The fourth-order valence-corrected chi connectivity index (χ4v) is 2.57. The maximum Gasteiger partial charge on any atom is 0.262 e. The normalized spacial score (nSPS) is 10.2. The molecule has 0 aliphatic heterocycles. The molecule has 2 rings (SSSR count).